The number of amides is 1. The predicted octanol–water partition coefficient (Wildman–Crippen LogP) is 4.95. The Labute approximate surface area is 195 Å². The first-order valence-electron chi connectivity index (χ1n) is 9.77. The van der Waals surface area contributed by atoms with E-state index in [1.807, 2.05) is 12.1 Å². The first-order chi connectivity index (χ1) is 15.5. The Bertz CT molecular complexity index is 1150. The molecule has 0 saturated carbocycles. The minimum absolute atomic E-state index is 0.270. The van der Waals surface area contributed by atoms with Crippen molar-refractivity contribution in [1.29, 1.82) is 0 Å². The van der Waals surface area contributed by atoms with E-state index in [9.17, 15) is 4.79 Å². The maximum Gasteiger partial charge on any atom is 0.249 e. The molecule has 2 aromatic carbocycles. The van der Waals surface area contributed by atoms with Crippen LogP contribution in [0.25, 0.3) is 11.8 Å². The summed E-state index contributed by atoms with van der Waals surface area (Å²) in [5.41, 5.74) is 3.59. The van der Waals surface area contributed by atoms with Gasteiger partial charge in [0.15, 0.2) is 11.5 Å². The van der Waals surface area contributed by atoms with Crippen molar-refractivity contribution in [2.75, 3.05) is 26.6 Å². The molecule has 0 atom stereocenters. The lowest BCUT2D eigenvalue weighted by Crippen LogP contribution is -2.13. The number of rotatable bonds is 7. The maximum atomic E-state index is 12.8. The highest BCUT2D eigenvalue weighted by molar-refractivity contribution is 7.98. The number of carbonyl (C=O) groups excluding carboxylic acids is 1. The van der Waals surface area contributed by atoms with Crippen LogP contribution in [0.4, 0.5) is 5.82 Å². The Kier molecular flexibility index (Phi) is 6.62. The van der Waals surface area contributed by atoms with E-state index in [-0.39, 0.29) is 5.91 Å². The summed E-state index contributed by atoms with van der Waals surface area (Å²) in [6, 6.07) is 10.9. The molecule has 0 aliphatic carbocycles. The van der Waals surface area contributed by atoms with Crippen LogP contribution in [-0.2, 0) is 16.3 Å². The molecule has 1 aliphatic heterocycles. The van der Waals surface area contributed by atoms with E-state index in [1.54, 1.807) is 68.1 Å². The predicted molar refractivity (Wildman–Crippen MR) is 127 cm³/mol. The van der Waals surface area contributed by atoms with Crippen LogP contribution in [0, 0.1) is 0 Å². The summed E-state index contributed by atoms with van der Waals surface area (Å²) >= 11 is 7.80. The summed E-state index contributed by atoms with van der Waals surface area (Å²) < 4.78 is 17.8. The molecular weight excluding hydrogens is 450 g/mol. The van der Waals surface area contributed by atoms with E-state index < -0.39 is 0 Å². The van der Waals surface area contributed by atoms with Gasteiger partial charge in [-0.2, -0.15) is 16.9 Å². The summed E-state index contributed by atoms with van der Waals surface area (Å²) in [4.78, 5) is 12.8. The molecule has 1 aliphatic rings. The first kappa shape index (κ1) is 22.1. The Balaban J connectivity index is 1.60. The van der Waals surface area contributed by atoms with Crippen molar-refractivity contribution >= 4 is 41.2 Å². The van der Waals surface area contributed by atoms with Crippen LogP contribution in [0.15, 0.2) is 42.5 Å². The Morgan fingerprint density at radius 2 is 1.78 bits per heavy atom. The second-order valence-corrected chi connectivity index (χ2v) is 8.36. The zero-order valence-corrected chi connectivity index (χ0v) is 19.4. The highest BCUT2D eigenvalue weighted by Crippen LogP contribution is 2.39. The van der Waals surface area contributed by atoms with Gasteiger partial charge in [-0.25, -0.2) is 4.68 Å². The third kappa shape index (κ3) is 4.42. The number of fused-ring (bicyclic) bond motifs is 1. The fourth-order valence-corrected chi connectivity index (χ4v) is 4.60. The molecule has 9 heteroatoms. The average molecular weight is 472 g/mol. The standard InChI is InChI=1S/C23H22ClN3O4S/c1-29-19-10-14(11-20(30-2)22(19)31-3)4-9-21(28)25-23-17-12-32-13-18(17)26-27(23)16-7-5-15(24)6-8-16/h4-11H,12-13H2,1-3H3,(H,25,28). The number of nitrogens with one attached hydrogen (secondary N) is 1. The molecule has 2 heterocycles. The van der Waals surface area contributed by atoms with Gasteiger partial charge in [-0.1, -0.05) is 11.6 Å². The Morgan fingerprint density at radius 3 is 2.41 bits per heavy atom. The number of aromatic nitrogens is 2. The van der Waals surface area contributed by atoms with Gasteiger partial charge in [-0.3, -0.25) is 4.79 Å². The van der Waals surface area contributed by atoms with Gasteiger partial charge in [0.1, 0.15) is 5.82 Å². The monoisotopic (exact) mass is 471 g/mol. The molecule has 0 fully saturated rings. The minimum Gasteiger partial charge on any atom is -0.493 e. The van der Waals surface area contributed by atoms with Crippen molar-refractivity contribution in [3.05, 3.63) is 64.3 Å². The van der Waals surface area contributed by atoms with Gasteiger partial charge in [0.2, 0.25) is 11.7 Å². The highest BCUT2D eigenvalue weighted by Gasteiger charge is 2.24. The van der Waals surface area contributed by atoms with E-state index in [0.29, 0.717) is 28.1 Å². The molecule has 0 unspecified atom stereocenters. The largest absolute Gasteiger partial charge is 0.493 e. The highest BCUT2D eigenvalue weighted by atomic mass is 35.5. The van der Waals surface area contributed by atoms with Gasteiger partial charge in [0.25, 0.3) is 0 Å². The molecule has 166 valence electrons. The van der Waals surface area contributed by atoms with Crippen molar-refractivity contribution in [1.82, 2.24) is 9.78 Å². The fraction of sp³-hybridized carbons (Fsp3) is 0.217. The van der Waals surface area contributed by atoms with Crippen LogP contribution < -0.4 is 19.5 Å². The van der Waals surface area contributed by atoms with Crippen molar-refractivity contribution in [3.8, 4) is 22.9 Å². The van der Waals surface area contributed by atoms with Gasteiger partial charge < -0.3 is 19.5 Å². The van der Waals surface area contributed by atoms with E-state index in [0.717, 1.165) is 34.0 Å². The number of ether oxygens (including phenoxy) is 3. The molecule has 0 spiro atoms. The lowest BCUT2D eigenvalue weighted by atomic mass is 10.1. The van der Waals surface area contributed by atoms with Crippen molar-refractivity contribution < 1.29 is 19.0 Å². The number of hydrogen-bond donors (Lipinski definition) is 1. The van der Waals surface area contributed by atoms with Gasteiger partial charge in [0.05, 0.1) is 32.7 Å². The number of anilines is 1. The molecule has 1 aromatic heterocycles. The van der Waals surface area contributed by atoms with Gasteiger partial charge in [0, 0.05) is 28.2 Å². The number of benzene rings is 2. The summed E-state index contributed by atoms with van der Waals surface area (Å²) in [5.74, 6) is 3.55. The SMILES string of the molecule is COc1cc(C=CC(=O)Nc2c3c(nn2-c2ccc(Cl)cc2)CSC3)cc(OC)c1OC. The summed E-state index contributed by atoms with van der Waals surface area (Å²) in [5, 5.41) is 8.33. The van der Waals surface area contributed by atoms with Gasteiger partial charge in [-0.15, -0.1) is 0 Å². The summed E-state index contributed by atoms with van der Waals surface area (Å²) in [6.45, 7) is 0. The molecule has 0 saturated heterocycles. The number of nitrogens with zero attached hydrogens (tertiary/aromatic N) is 2. The second kappa shape index (κ2) is 9.58. The maximum absolute atomic E-state index is 12.8. The number of carbonyl (C=O) groups is 1. The lowest BCUT2D eigenvalue weighted by Gasteiger charge is -2.13. The number of hydrogen-bond acceptors (Lipinski definition) is 6. The van der Waals surface area contributed by atoms with Crippen LogP contribution in [0.3, 0.4) is 0 Å². The van der Waals surface area contributed by atoms with Crippen molar-refractivity contribution in [2.24, 2.45) is 0 Å². The van der Waals surface area contributed by atoms with E-state index in [4.69, 9.17) is 30.9 Å². The molecule has 0 radical (unpaired) electrons. The zero-order chi connectivity index (χ0) is 22.7. The molecule has 32 heavy (non-hydrogen) atoms. The van der Waals surface area contributed by atoms with Crippen LogP contribution >= 0.6 is 23.4 Å². The fourth-order valence-electron chi connectivity index (χ4n) is 3.44. The summed E-state index contributed by atoms with van der Waals surface area (Å²) in [7, 11) is 4.64. The van der Waals surface area contributed by atoms with E-state index in [2.05, 4.69) is 5.32 Å². The van der Waals surface area contributed by atoms with Crippen molar-refractivity contribution in [2.45, 2.75) is 11.5 Å². The molecule has 3 aromatic rings. The topological polar surface area (TPSA) is 74.6 Å². The molecule has 0 bridgehead atoms. The molecule has 7 nitrogen and oxygen atoms in total. The molecular formula is C23H22ClN3O4S. The van der Waals surface area contributed by atoms with E-state index in [1.165, 1.54) is 6.08 Å². The zero-order valence-electron chi connectivity index (χ0n) is 17.8. The average Bonchev–Trinajstić information content (AvgIpc) is 3.40. The van der Waals surface area contributed by atoms with Crippen LogP contribution in [0.5, 0.6) is 17.2 Å². The molecule has 4 rings (SSSR count). The third-order valence-electron chi connectivity index (χ3n) is 4.98. The molecule has 1 N–H and O–H groups in total. The summed E-state index contributed by atoms with van der Waals surface area (Å²) in [6.07, 6.45) is 3.16. The number of halogens is 1. The van der Waals surface area contributed by atoms with Crippen LogP contribution in [0.1, 0.15) is 16.8 Å². The normalized spacial score (nSPS) is 12.6. The second-order valence-electron chi connectivity index (χ2n) is 6.94. The van der Waals surface area contributed by atoms with E-state index >= 15 is 0 Å². The van der Waals surface area contributed by atoms with Gasteiger partial charge >= 0.3 is 0 Å². The number of thioether (sulfide) groups is 1. The first-order valence-corrected chi connectivity index (χ1v) is 11.3. The molecule has 1 amide bonds. The van der Waals surface area contributed by atoms with Crippen LogP contribution in [0.2, 0.25) is 5.02 Å². The quantitative estimate of drug-likeness (QED) is 0.491. The Morgan fingerprint density at radius 1 is 1.09 bits per heavy atom. The minimum atomic E-state index is -0.270. The third-order valence-corrected chi connectivity index (χ3v) is 6.20. The van der Waals surface area contributed by atoms with Crippen molar-refractivity contribution in [3.63, 3.8) is 0 Å². The smallest absolute Gasteiger partial charge is 0.249 e. The Hall–Kier alpha value is -3.10. The lowest BCUT2D eigenvalue weighted by molar-refractivity contribution is -0.111. The van der Waals surface area contributed by atoms with Gasteiger partial charge in [-0.05, 0) is 48.0 Å². The van der Waals surface area contributed by atoms with Crippen LogP contribution in [-0.4, -0.2) is 37.0 Å². The number of methoxy groups -OCH3 is 3.